The summed E-state index contributed by atoms with van der Waals surface area (Å²) < 4.78 is 36.7. The van der Waals surface area contributed by atoms with E-state index in [1.54, 1.807) is 0 Å². The molecule has 3 heteroatoms. The zero-order chi connectivity index (χ0) is 9.47. The van der Waals surface area contributed by atoms with Gasteiger partial charge in [-0.15, -0.1) is 0 Å². The van der Waals surface area contributed by atoms with Gasteiger partial charge in [-0.2, -0.15) is 13.2 Å². The molecule has 0 unspecified atom stereocenters. The van der Waals surface area contributed by atoms with Gasteiger partial charge in [0, 0.05) is 0 Å². The van der Waals surface area contributed by atoms with Crippen LogP contribution < -0.4 is 0 Å². The summed E-state index contributed by atoms with van der Waals surface area (Å²) >= 11 is 0. The fourth-order valence-electron chi connectivity index (χ4n) is 1.47. The first kappa shape index (κ1) is 8.60. The summed E-state index contributed by atoms with van der Waals surface area (Å²) in [5.74, 6) is 0. The maximum Gasteiger partial charge on any atom is 0.416 e. The van der Waals surface area contributed by atoms with Crippen molar-refractivity contribution < 1.29 is 13.2 Å². The Labute approximate surface area is 74.4 Å². The van der Waals surface area contributed by atoms with Crippen molar-refractivity contribution in [1.29, 1.82) is 0 Å². The number of hydrogen-bond acceptors (Lipinski definition) is 0. The minimum absolute atomic E-state index is 0.541. The van der Waals surface area contributed by atoms with Crippen LogP contribution in [0.15, 0.2) is 18.2 Å². The highest BCUT2D eigenvalue weighted by Crippen LogP contribution is 2.32. The van der Waals surface area contributed by atoms with E-state index in [-0.39, 0.29) is 0 Å². The minimum Gasteiger partial charge on any atom is -0.166 e. The van der Waals surface area contributed by atoms with Crippen molar-refractivity contribution in [2.45, 2.75) is 19.0 Å². The van der Waals surface area contributed by atoms with E-state index in [0.717, 1.165) is 17.2 Å². The molecule has 2 rings (SSSR count). The molecule has 0 spiro atoms. The summed E-state index contributed by atoms with van der Waals surface area (Å²) in [6.07, 6.45) is -0.0106. The van der Waals surface area contributed by atoms with Gasteiger partial charge < -0.3 is 0 Å². The molecule has 0 aliphatic heterocycles. The summed E-state index contributed by atoms with van der Waals surface area (Å²) in [6, 6.07) is 3.89. The third kappa shape index (κ3) is 1.55. The lowest BCUT2D eigenvalue weighted by Crippen LogP contribution is -2.05. The molecule has 68 valence electrons. The van der Waals surface area contributed by atoms with Gasteiger partial charge in [-0.3, -0.25) is 0 Å². The van der Waals surface area contributed by atoms with Crippen molar-refractivity contribution in [2.24, 2.45) is 0 Å². The minimum atomic E-state index is -4.22. The summed E-state index contributed by atoms with van der Waals surface area (Å²) in [5, 5.41) is 0. The van der Waals surface area contributed by atoms with Crippen molar-refractivity contribution in [3.8, 4) is 0 Å². The molecule has 1 aliphatic rings. The van der Waals surface area contributed by atoms with Crippen molar-refractivity contribution in [2.75, 3.05) is 0 Å². The molecule has 0 N–H and O–H groups in total. The Hall–Kier alpha value is -0.990. The Morgan fingerprint density at radius 2 is 1.77 bits per heavy atom. The molecule has 0 saturated carbocycles. The van der Waals surface area contributed by atoms with E-state index >= 15 is 0 Å². The van der Waals surface area contributed by atoms with Crippen LogP contribution in [0.1, 0.15) is 16.7 Å². The number of rotatable bonds is 0. The summed E-state index contributed by atoms with van der Waals surface area (Å²) in [5.41, 5.74) is 1.16. The predicted molar refractivity (Wildman–Crippen MR) is 42.1 cm³/mol. The summed E-state index contributed by atoms with van der Waals surface area (Å²) in [4.78, 5) is 0. The van der Waals surface area contributed by atoms with Crippen molar-refractivity contribution in [3.63, 3.8) is 0 Å². The van der Waals surface area contributed by atoms with E-state index in [1.165, 1.54) is 12.1 Å². The third-order valence-electron chi connectivity index (χ3n) is 2.16. The first-order valence-electron chi connectivity index (χ1n) is 3.97. The van der Waals surface area contributed by atoms with Crippen LogP contribution in [0.3, 0.4) is 0 Å². The zero-order valence-electron chi connectivity index (χ0n) is 6.78. The number of fused-ring (bicyclic) bond motifs is 1. The molecular weight excluding hydrogens is 177 g/mol. The second-order valence-corrected chi connectivity index (χ2v) is 3.08. The van der Waals surface area contributed by atoms with Gasteiger partial charge >= 0.3 is 6.18 Å². The topological polar surface area (TPSA) is 0 Å². The molecule has 0 saturated heterocycles. The highest BCUT2D eigenvalue weighted by Gasteiger charge is 2.31. The quantitative estimate of drug-likeness (QED) is 0.581. The molecule has 0 heterocycles. The second kappa shape index (κ2) is 2.76. The molecule has 1 aromatic rings. The van der Waals surface area contributed by atoms with E-state index in [4.69, 9.17) is 0 Å². The van der Waals surface area contributed by atoms with E-state index in [1.807, 2.05) is 0 Å². The number of alkyl halides is 3. The Balaban J connectivity index is 2.42. The maximum atomic E-state index is 12.2. The van der Waals surface area contributed by atoms with Crippen molar-refractivity contribution in [3.05, 3.63) is 41.3 Å². The summed E-state index contributed by atoms with van der Waals surface area (Å²) in [6.45, 7) is 0. The van der Waals surface area contributed by atoms with Crippen LogP contribution in [-0.4, -0.2) is 0 Å². The maximum absolute atomic E-state index is 12.2. The van der Waals surface area contributed by atoms with Crippen molar-refractivity contribution in [1.82, 2.24) is 0 Å². The molecule has 0 nitrogen and oxygen atoms in total. The monoisotopic (exact) mass is 184 g/mol. The van der Waals surface area contributed by atoms with Crippen LogP contribution in [0, 0.1) is 6.42 Å². The van der Waals surface area contributed by atoms with Gasteiger partial charge in [0.1, 0.15) is 0 Å². The largest absolute Gasteiger partial charge is 0.416 e. The highest BCUT2D eigenvalue weighted by atomic mass is 19.4. The molecule has 2 radical (unpaired) electrons. The molecule has 0 fully saturated rings. The average Bonchev–Trinajstić information content (AvgIpc) is 2.47. The lowest BCUT2D eigenvalue weighted by atomic mass is 10.1. The van der Waals surface area contributed by atoms with Gasteiger partial charge in [0.15, 0.2) is 0 Å². The highest BCUT2D eigenvalue weighted by molar-refractivity contribution is 5.38. The molecular formula is C10H7F3. The van der Waals surface area contributed by atoms with Crippen molar-refractivity contribution >= 4 is 0 Å². The van der Waals surface area contributed by atoms with Gasteiger partial charge in [0.25, 0.3) is 0 Å². The fraction of sp³-hybridized carbons (Fsp3) is 0.300. The van der Waals surface area contributed by atoms with Crippen LogP contribution in [0.4, 0.5) is 13.2 Å². The summed E-state index contributed by atoms with van der Waals surface area (Å²) in [7, 11) is 0. The first-order valence-corrected chi connectivity index (χ1v) is 3.97. The molecule has 1 aromatic carbocycles. The van der Waals surface area contributed by atoms with E-state index in [9.17, 15) is 13.2 Å². The Kier molecular flexibility index (Phi) is 1.82. The molecule has 1 aliphatic carbocycles. The van der Waals surface area contributed by atoms with Crippen LogP contribution in [0.5, 0.6) is 0 Å². The Bertz CT molecular complexity index is 325. The van der Waals surface area contributed by atoms with Gasteiger partial charge in [-0.25, -0.2) is 0 Å². The number of halogens is 3. The third-order valence-corrected chi connectivity index (χ3v) is 2.16. The zero-order valence-corrected chi connectivity index (χ0v) is 6.78. The standard InChI is InChI=1S/C10H7F3/c11-10(12,13)9-5-4-7-2-1-3-8(7)6-9/h4-6H,2-3H2. The average molecular weight is 184 g/mol. The molecule has 0 bridgehead atoms. The molecule has 0 atom stereocenters. The SMILES string of the molecule is FC(F)(F)c1ccc2c(c1)C[C]C2. The van der Waals surface area contributed by atoms with Gasteiger partial charge in [0.05, 0.1) is 5.56 Å². The van der Waals surface area contributed by atoms with E-state index in [2.05, 4.69) is 6.42 Å². The second-order valence-electron chi connectivity index (χ2n) is 3.08. The smallest absolute Gasteiger partial charge is 0.166 e. The number of hydrogen-bond donors (Lipinski definition) is 0. The Morgan fingerprint density at radius 3 is 2.46 bits per heavy atom. The van der Waals surface area contributed by atoms with E-state index in [0.29, 0.717) is 12.8 Å². The van der Waals surface area contributed by atoms with Crippen LogP contribution in [0.25, 0.3) is 0 Å². The lowest BCUT2D eigenvalue weighted by Gasteiger charge is -2.08. The van der Waals surface area contributed by atoms with Crippen LogP contribution in [0.2, 0.25) is 0 Å². The first-order chi connectivity index (χ1) is 6.07. The van der Waals surface area contributed by atoms with E-state index < -0.39 is 11.7 Å². The number of benzene rings is 1. The molecule has 0 aromatic heterocycles. The lowest BCUT2D eigenvalue weighted by molar-refractivity contribution is -0.137. The predicted octanol–water partition coefficient (Wildman–Crippen LogP) is 2.89. The molecule has 0 amide bonds. The van der Waals surface area contributed by atoms with Gasteiger partial charge in [-0.1, -0.05) is 6.07 Å². The van der Waals surface area contributed by atoms with Crippen LogP contribution >= 0.6 is 0 Å². The van der Waals surface area contributed by atoms with Gasteiger partial charge in [-0.05, 0) is 42.5 Å². The Morgan fingerprint density at radius 1 is 1.08 bits per heavy atom. The molecule has 13 heavy (non-hydrogen) atoms. The van der Waals surface area contributed by atoms with Crippen LogP contribution in [-0.2, 0) is 19.0 Å². The van der Waals surface area contributed by atoms with Gasteiger partial charge in [0.2, 0.25) is 0 Å². The fourth-order valence-corrected chi connectivity index (χ4v) is 1.47. The normalized spacial score (nSPS) is 15.9.